The van der Waals surface area contributed by atoms with E-state index in [-0.39, 0.29) is 18.1 Å². The van der Waals surface area contributed by atoms with Crippen LogP contribution in [0.5, 0.6) is 0 Å². The van der Waals surface area contributed by atoms with Crippen LogP contribution in [0.15, 0.2) is 0 Å². The van der Waals surface area contributed by atoms with E-state index in [1.165, 1.54) is 25.8 Å². The van der Waals surface area contributed by atoms with E-state index in [0.29, 0.717) is 11.8 Å². The second-order valence-corrected chi connectivity index (χ2v) is 8.19. The molecule has 25 heavy (non-hydrogen) atoms. The maximum Gasteiger partial charge on any atom is 0.249 e. The van der Waals surface area contributed by atoms with Crippen LogP contribution in [0.4, 0.5) is 0 Å². The van der Waals surface area contributed by atoms with E-state index in [2.05, 4.69) is 24.1 Å². The van der Waals surface area contributed by atoms with Gasteiger partial charge in [-0.15, -0.1) is 0 Å². The molecule has 3 aliphatic rings. The zero-order valence-electron chi connectivity index (χ0n) is 16.0. The van der Waals surface area contributed by atoms with Gasteiger partial charge in [-0.05, 0) is 50.0 Å². The minimum Gasteiger partial charge on any atom is -0.381 e. The van der Waals surface area contributed by atoms with Crippen LogP contribution < -0.4 is 5.32 Å². The van der Waals surface area contributed by atoms with Gasteiger partial charge in [0.1, 0.15) is 6.10 Å². The highest BCUT2D eigenvalue weighted by Crippen LogP contribution is 2.33. The summed E-state index contributed by atoms with van der Waals surface area (Å²) in [5, 5.41) is 3.13. The van der Waals surface area contributed by atoms with Crippen LogP contribution in [0.2, 0.25) is 0 Å². The first-order valence-corrected chi connectivity index (χ1v) is 10.4. The molecular weight excluding hydrogens is 316 g/mol. The smallest absolute Gasteiger partial charge is 0.249 e. The number of likely N-dealkylation sites (tertiary alicyclic amines) is 1. The van der Waals surface area contributed by atoms with Crippen LogP contribution >= 0.6 is 0 Å². The summed E-state index contributed by atoms with van der Waals surface area (Å²) in [7, 11) is 0. The Hall–Kier alpha value is -0.650. The van der Waals surface area contributed by atoms with E-state index >= 15 is 0 Å². The van der Waals surface area contributed by atoms with Gasteiger partial charge in [-0.2, -0.15) is 0 Å². The number of hydrogen-bond donors (Lipinski definition) is 1. The maximum atomic E-state index is 12.5. The van der Waals surface area contributed by atoms with Crippen molar-refractivity contribution in [2.24, 2.45) is 17.8 Å². The van der Waals surface area contributed by atoms with Gasteiger partial charge in [-0.3, -0.25) is 4.79 Å². The van der Waals surface area contributed by atoms with E-state index in [9.17, 15) is 4.79 Å². The molecule has 0 aliphatic carbocycles. The zero-order chi connectivity index (χ0) is 17.6. The van der Waals surface area contributed by atoms with Crippen LogP contribution in [0.3, 0.4) is 0 Å². The Morgan fingerprint density at radius 1 is 1.20 bits per heavy atom. The number of hydrogen-bond acceptors (Lipinski definition) is 4. The molecule has 1 amide bonds. The van der Waals surface area contributed by atoms with Crippen LogP contribution in [-0.4, -0.2) is 62.4 Å². The number of nitrogens with zero attached hydrogens (tertiary/aromatic N) is 1. The summed E-state index contributed by atoms with van der Waals surface area (Å²) in [5.74, 6) is 2.03. The molecule has 1 N–H and O–H groups in total. The number of rotatable bonds is 7. The normalized spacial score (nSPS) is 31.2. The predicted molar refractivity (Wildman–Crippen MR) is 98.4 cm³/mol. The quantitative estimate of drug-likeness (QED) is 0.765. The van der Waals surface area contributed by atoms with Gasteiger partial charge in [0.05, 0.1) is 6.10 Å². The van der Waals surface area contributed by atoms with Crippen molar-refractivity contribution >= 4 is 5.91 Å². The number of carbonyl (C=O) groups is 1. The van der Waals surface area contributed by atoms with Crippen molar-refractivity contribution in [1.82, 2.24) is 10.2 Å². The summed E-state index contributed by atoms with van der Waals surface area (Å²) in [6, 6.07) is 0. The molecule has 0 saturated carbocycles. The van der Waals surface area contributed by atoms with Gasteiger partial charge in [-0.25, -0.2) is 0 Å². The number of piperidine rings is 1. The summed E-state index contributed by atoms with van der Waals surface area (Å²) in [4.78, 5) is 15.1. The highest BCUT2D eigenvalue weighted by molar-refractivity contribution is 5.81. The summed E-state index contributed by atoms with van der Waals surface area (Å²) in [6.07, 6.45) is 6.71. The largest absolute Gasteiger partial charge is 0.381 e. The van der Waals surface area contributed by atoms with E-state index in [0.717, 1.165) is 58.0 Å². The predicted octanol–water partition coefficient (Wildman–Crippen LogP) is 2.44. The fourth-order valence-electron chi connectivity index (χ4n) is 4.55. The van der Waals surface area contributed by atoms with Crippen molar-refractivity contribution in [2.75, 3.05) is 39.4 Å². The molecule has 0 aromatic rings. The first kappa shape index (κ1) is 19.1. The van der Waals surface area contributed by atoms with E-state index in [1.54, 1.807) is 0 Å². The summed E-state index contributed by atoms with van der Waals surface area (Å²) >= 11 is 0. The van der Waals surface area contributed by atoms with Crippen LogP contribution in [0.25, 0.3) is 0 Å². The molecule has 0 bridgehead atoms. The third-order valence-corrected chi connectivity index (χ3v) is 6.51. The molecule has 3 fully saturated rings. The van der Waals surface area contributed by atoms with Crippen LogP contribution in [0, 0.1) is 17.8 Å². The number of fused-ring (bicyclic) bond motifs is 1. The molecular formula is C20H36N2O3. The molecule has 3 heterocycles. The molecule has 0 unspecified atom stereocenters. The molecule has 5 nitrogen and oxygen atoms in total. The number of ether oxygens (including phenoxy) is 2. The molecule has 0 aromatic carbocycles. The maximum absolute atomic E-state index is 12.5. The Morgan fingerprint density at radius 3 is 2.68 bits per heavy atom. The highest BCUT2D eigenvalue weighted by Gasteiger charge is 2.41. The lowest BCUT2D eigenvalue weighted by Gasteiger charge is -2.35. The van der Waals surface area contributed by atoms with E-state index in [4.69, 9.17) is 9.47 Å². The standard InChI is InChI=1S/C20H36N2O3/c1-3-15(4-2)13-22-8-5-17-11-18(25-19(17)14-22)20(23)21-12-16-6-9-24-10-7-16/h15-19H,3-14H2,1-2H3,(H,21,23)/t17-,18+,19+/m0/s1. The highest BCUT2D eigenvalue weighted by atomic mass is 16.5. The fourth-order valence-corrected chi connectivity index (χ4v) is 4.55. The lowest BCUT2D eigenvalue weighted by Crippen LogP contribution is -2.44. The minimum atomic E-state index is -0.233. The molecule has 0 radical (unpaired) electrons. The van der Waals surface area contributed by atoms with E-state index in [1.807, 2.05) is 0 Å². The van der Waals surface area contributed by atoms with Crippen molar-refractivity contribution in [3.05, 3.63) is 0 Å². The SMILES string of the molecule is CCC(CC)CN1CC[C@H]2C[C@H](C(=O)NCC3CCOCC3)O[C@@H]2C1. The number of nitrogens with one attached hydrogen (secondary N) is 1. The van der Waals surface area contributed by atoms with Gasteiger partial charge in [0, 0.05) is 32.8 Å². The fraction of sp³-hybridized carbons (Fsp3) is 0.950. The van der Waals surface area contributed by atoms with Crippen LogP contribution in [0.1, 0.15) is 52.4 Å². The molecule has 5 heteroatoms. The Bertz CT molecular complexity index is 421. The van der Waals surface area contributed by atoms with Gasteiger partial charge in [-0.1, -0.05) is 26.7 Å². The molecule has 3 rings (SSSR count). The van der Waals surface area contributed by atoms with Gasteiger partial charge in [0.2, 0.25) is 5.91 Å². The van der Waals surface area contributed by atoms with Crippen molar-refractivity contribution in [3.8, 4) is 0 Å². The number of carbonyl (C=O) groups excluding carboxylic acids is 1. The average molecular weight is 353 g/mol. The topological polar surface area (TPSA) is 50.8 Å². The zero-order valence-corrected chi connectivity index (χ0v) is 16.0. The molecule has 3 aliphatic heterocycles. The van der Waals surface area contributed by atoms with Gasteiger partial charge < -0.3 is 19.7 Å². The van der Waals surface area contributed by atoms with Crippen molar-refractivity contribution in [2.45, 2.75) is 64.6 Å². The lowest BCUT2D eigenvalue weighted by atomic mass is 9.90. The Labute approximate surface area is 152 Å². The third-order valence-electron chi connectivity index (χ3n) is 6.51. The molecule has 0 spiro atoms. The molecule has 3 atom stereocenters. The monoisotopic (exact) mass is 352 g/mol. The first-order valence-electron chi connectivity index (χ1n) is 10.4. The Kier molecular flexibility index (Phi) is 7.14. The van der Waals surface area contributed by atoms with Gasteiger partial charge >= 0.3 is 0 Å². The Morgan fingerprint density at radius 2 is 1.96 bits per heavy atom. The second-order valence-electron chi connectivity index (χ2n) is 8.19. The third kappa shape index (κ3) is 5.18. The molecule has 0 aromatic heterocycles. The van der Waals surface area contributed by atoms with Crippen molar-refractivity contribution < 1.29 is 14.3 Å². The van der Waals surface area contributed by atoms with Gasteiger partial charge in [0.25, 0.3) is 0 Å². The van der Waals surface area contributed by atoms with Crippen LogP contribution in [-0.2, 0) is 14.3 Å². The average Bonchev–Trinajstić information content (AvgIpc) is 3.08. The Balaban J connectivity index is 1.42. The molecule has 144 valence electrons. The van der Waals surface area contributed by atoms with Crippen molar-refractivity contribution in [1.29, 1.82) is 0 Å². The minimum absolute atomic E-state index is 0.104. The molecule has 3 saturated heterocycles. The first-order chi connectivity index (χ1) is 12.2. The van der Waals surface area contributed by atoms with Crippen molar-refractivity contribution in [3.63, 3.8) is 0 Å². The lowest BCUT2D eigenvalue weighted by molar-refractivity contribution is -0.133. The summed E-state index contributed by atoms with van der Waals surface area (Å²) in [5.41, 5.74) is 0. The second kappa shape index (κ2) is 9.33. The number of amides is 1. The van der Waals surface area contributed by atoms with E-state index < -0.39 is 0 Å². The van der Waals surface area contributed by atoms with Gasteiger partial charge in [0.15, 0.2) is 0 Å². The summed E-state index contributed by atoms with van der Waals surface area (Å²) < 4.78 is 11.5. The summed E-state index contributed by atoms with van der Waals surface area (Å²) in [6.45, 7) is 10.4.